The summed E-state index contributed by atoms with van der Waals surface area (Å²) in [5.74, 6) is -1.13. The molecule has 0 saturated heterocycles. The van der Waals surface area contributed by atoms with Gasteiger partial charge in [0, 0.05) is 5.56 Å². The average Bonchev–Trinajstić information content (AvgIpc) is 2.72. The zero-order valence-electron chi connectivity index (χ0n) is 9.53. The van der Waals surface area contributed by atoms with Crippen molar-refractivity contribution in [3.63, 3.8) is 0 Å². The van der Waals surface area contributed by atoms with Crippen molar-refractivity contribution in [1.82, 2.24) is 4.98 Å². The Morgan fingerprint density at radius 1 is 1.44 bits per heavy atom. The highest BCUT2D eigenvalue weighted by molar-refractivity contribution is 7.11. The van der Waals surface area contributed by atoms with Crippen molar-refractivity contribution in [3.05, 3.63) is 44.6 Å². The third-order valence-electron chi connectivity index (χ3n) is 2.25. The fraction of sp³-hybridized carbons (Fsp3) is 0.167. The van der Waals surface area contributed by atoms with Gasteiger partial charge in [-0.25, -0.2) is 9.18 Å². The van der Waals surface area contributed by atoms with Crippen LogP contribution in [0.5, 0.6) is 0 Å². The molecule has 0 spiro atoms. The molecule has 0 aliphatic heterocycles. The minimum absolute atomic E-state index is 0.0898. The van der Waals surface area contributed by atoms with Gasteiger partial charge < -0.3 is 9.72 Å². The van der Waals surface area contributed by atoms with Gasteiger partial charge in [0.25, 0.3) is 0 Å². The number of thiazole rings is 1. The van der Waals surface area contributed by atoms with Crippen LogP contribution in [0.3, 0.4) is 0 Å². The molecule has 2 aromatic rings. The Morgan fingerprint density at radius 3 is 2.83 bits per heavy atom. The number of carbonyl (C=O) groups is 1. The lowest BCUT2D eigenvalue weighted by Gasteiger charge is -2.03. The van der Waals surface area contributed by atoms with E-state index in [1.807, 2.05) is 0 Å². The van der Waals surface area contributed by atoms with E-state index in [0.29, 0.717) is 11.3 Å². The molecule has 0 saturated carbocycles. The number of rotatable bonds is 3. The SMILES string of the molecule is CCOC(=O)c1sc(=O)[nH]c1-c1ccccc1F. The summed E-state index contributed by atoms with van der Waals surface area (Å²) in [6.45, 7) is 1.86. The minimum Gasteiger partial charge on any atom is -0.462 e. The number of aromatic amines is 1. The van der Waals surface area contributed by atoms with Crippen molar-refractivity contribution in [2.45, 2.75) is 6.92 Å². The first-order chi connectivity index (χ1) is 8.63. The quantitative estimate of drug-likeness (QED) is 0.869. The third kappa shape index (κ3) is 2.33. The van der Waals surface area contributed by atoms with Crippen LogP contribution in [0.15, 0.2) is 29.1 Å². The van der Waals surface area contributed by atoms with Crippen molar-refractivity contribution in [2.24, 2.45) is 0 Å². The summed E-state index contributed by atoms with van der Waals surface area (Å²) in [6, 6.07) is 5.92. The number of nitrogens with one attached hydrogen (secondary N) is 1. The number of ether oxygens (including phenoxy) is 1. The van der Waals surface area contributed by atoms with Crippen LogP contribution in [0, 0.1) is 5.82 Å². The Labute approximate surface area is 106 Å². The highest BCUT2D eigenvalue weighted by Crippen LogP contribution is 2.26. The fourth-order valence-electron chi connectivity index (χ4n) is 1.52. The summed E-state index contributed by atoms with van der Waals surface area (Å²) in [7, 11) is 0. The standard InChI is InChI=1S/C12H10FNO3S/c1-2-17-11(15)10-9(14-12(16)18-10)7-5-3-4-6-8(7)13/h3-6H,2H2,1H3,(H,14,16). The van der Waals surface area contributed by atoms with E-state index >= 15 is 0 Å². The normalized spacial score (nSPS) is 10.3. The summed E-state index contributed by atoms with van der Waals surface area (Å²) in [6.07, 6.45) is 0. The molecule has 0 atom stereocenters. The van der Waals surface area contributed by atoms with Gasteiger partial charge in [0.1, 0.15) is 10.7 Å². The zero-order chi connectivity index (χ0) is 13.1. The van der Waals surface area contributed by atoms with E-state index in [4.69, 9.17) is 4.74 Å². The molecular formula is C12H10FNO3S. The maximum atomic E-state index is 13.6. The molecular weight excluding hydrogens is 257 g/mol. The van der Waals surface area contributed by atoms with E-state index in [2.05, 4.69) is 4.98 Å². The summed E-state index contributed by atoms with van der Waals surface area (Å²) in [5, 5.41) is 0. The molecule has 0 amide bonds. The van der Waals surface area contributed by atoms with Crippen LogP contribution in [-0.2, 0) is 4.74 Å². The van der Waals surface area contributed by atoms with Gasteiger partial charge in [0.15, 0.2) is 0 Å². The van der Waals surface area contributed by atoms with Gasteiger partial charge >= 0.3 is 10.8 Å². The summed E-state index contributed by atoms with van der Waals surface area (Å²) >= 11 is 0.714. The molecule has 1 aromatic heterocycles. The number of H-pyrrole nitrogens is 1. The summed E-state index contributed by atoms with van der Waals surface area (Å²) in [4.78, 5) is 25.1. The molecule has 18 heavy (non-hydrogen) atoms. The van der Waals surface area contributed by atoms with Crippen molar-refractivity contribution in [2.75, 3.05) is 6.61 Å². The van der Waals surface area contributed by atoms with Gasteiger partial charge in [0.05, 0.1) is 12.3 Å². The fourth-order valence-corrected chi connectivity index (χ4v) is 2.27. The first-order valence-corrected chi connectivity index (χ1v) is 6.10. The van der Waals surface area contributed by atoms with E-state index in [-0.39, 0.29) is 22.7 Å². The van der Waals surface area contributed by atoms with Crippen LogP contribution in [-0.4, -0.2) is 17.6 Å². The lowest BCUT2D eigenvalue weighted by molar-refractivity contribution is 0.0532. The van der Waals surface area contributed by atoms with Crippen LogP contribution >= 0.6 is 11.3 Å². The van der Waals surface area contributed by atoms with E-state index in [1.54, 1.807) is 13.0 Å². The highest BCUT2D eigenvalue weighted by atomic mass is 32.1. The molecule has 1 aromatic carbocycles. The van der Waals surface area contributed by atoms with Crippen LogP contribution in [0.4, 0.5) is 4.39 Å². The molecule has 0 fully saturated rings. The minimum atomic E-state index is -0.626. The molecule has 0 unspecified atom stereocenters. The molecule has 6 heteroatoms. The maximum absolute atomic E-state index is 13.6. The molecule has 1 N–H and O–H groups in total. The number of carbonyl (C=O) groups excluding carboxylic acids is 1. The second-order valence-corrected chi connectivity index (χ2v) is 4.40. The predicted octanol–water partition coefficient (Wildman–Crippen LogP) is 2.42. The van der Waals surface area contributed by atoms with Gasteiger partial charge in [-0.15, -0.1) is 0 Å². The van der Waals surface area contributed by atoms with E-state index < -0.39 is 16.7 Å². The van der Waals surface area contributed by atoms with Gasteiger partial charge in [-0.1, -0.05) is 23.5 Å². The molecule has 0 radical (unpaired) electrons. The summed E-state index contributed by atoms with van der Waals surface area (Å²) in [5.41, 5.74) is 0.348. The Bertz CT molecular complexity index is 632. The number of hydrogen-bond donors (Lipinski definition) is 1. The van der Waals surface area contributed by atoms with E-state index in [0.717, 1.165) is 0 Å². The number of aromatic nitrogens is 1. The Kier molecular flexibility index (Phi) is 3.57. The molecule has 0 aliphatic rings. The second kappa shape index (κ2) is 5.14. The molecule has 0 bridgehead atoms. The Morgan fingerprint density at radius 2 is 2.17 bits per heavy atom. The van der Waals surface area contributed by atoms with Crippen LogP contribution in [0.25, 0.3) is 11.3 Å². The molecule has 0 aliphatic carbocycles. The molecule has 1 heterocycles. The topological polar surface area (TPSA) is 59.2 Å². The van der Waals surface area contributed by atoms with Gasteiger partial charge in [-0.3, -0.25) is 4.79 Å². The molecule has 4 nitrogen and oxygen atoms in total. The number of esters is 1. The highest BCUT2D eigenvalue weighted by Gasteiger charge is 2.20. The van der Waals surface area contributed by atoms with E-state index in [1.165, 1.54) is 18.2 Å². The number of benzene rings is 1. The average molecular weight is 267 g/mol. The van der Waals surface area contributed by atoms with Crippen LogP contribution < -0.4 is 4.87 Å². The first-order valence-electron chi connectivity index (χ1n) is 5.28. The van der Waals surface area contributed by atoms with Crippen LogP contribution in [0.2, 0.25) is 0 Å². The van der Waals surface area contributed by atoms with Crippen molar-refractivity contribution >= 4 is 17.3 Å². The number of halogens is 1. The lowest BCUT2D eigenvalue weighted by Crippen LogP contribution is -2.04. The van der Waals surface area contributed by atoms with Crippen molar-refractivity contribution in [1.29, 1.82) is 0 Å². The van der Waals surface area contributed by atoms with Gasteiger partial charge in [-0.05, 0) is 19.1 Å². The van der Waals surface area contributed by atoms with Crippen molar-refractivity contribution < 1.29 is 13.9 Å². The monoisotopic (exact) mass is 267 g/mol. The zero-order valence-corrected chi connectivity index (χ0v) is 10.3. The second-order valence-electron chi connectivity index (χ2n) is 3.42. The predicted molar refractivity (Wildman–Crippen MR) is 66.3 cm³/mol. The number of hydrogen-bond acceptors (Lipinski definition) is 4. The third-order valence-corrected chi connectivity index (χ3v) is 3.12. The maximum Gasteiger partial charge on any atom is 0.350 e. The van der Waals surface area contributed by atoms with Gasteiger partial charge in [0.2, 0.25) is 0 Å². The molecule has 94 valence electrons. The Balaban J connectivity index is 2.55. The van der Waals surface area contributed by atoms with E-state index in [9.17, 15) is 14.0 Å². The smallest absolute Gasteiger partial charge is 0.350 e. The largest absolute Gasteiger partial charge is 0.462 e. The van der Waals surface area contributed by atoms with Crippen LogP contribution in [0.1, 0.15) is 16.6 Å². The van der Waals surface area contributed by atoms with Crippen molar-refractivity contribution in [3.8, 4) is 11.3 Å². The lowest BCUT2D eigenvalue weighted by atomic mass is 10.1. The molecule has 2 rings (SSSR count). The van der Waals surface area contributed by atoms with Gasteiger partial charge in [-0.2, -0.15) is 0 Å². The Hall–Kier alpha value is -1.95. The summed E-state index contributed by atoms with van der Waals surface area (Å²) < 4.78 is 18.5. The first kappa shape index (κ1) is 12.5.